The van der Waals surface area contributed by atoms with E-state index in [2.05, 4.69) is 5.32 Å². The second-order valence-electron chi connectivity index (χ2n) is 6.17. The Kier molecular flexibility index (Phi) is 3.98. The maximum atomic E-state index is 12.2. The van der Waals surface area contributed by atoms with E-state index < -0.39 is 0 Å². The molecule has 2 rings (SSSR count). The molecule has 0 saturated heterocycles. The Morgan fingerprint density at radius 3 is 2.29 bits per heavy atom. The van der Waals surface area contributed by atoms with Crippen LogP contribution in [0.1, 0.15) is 36.7 Å². The van der Waals surface area contributed by atoms with Crippen molar-refractivity contribution in [3.63, 3.8) is 0 Å². The lowest BCUT2D eigenvalue weighted by molar-refractivity contribution is 0.0918. The van der Waals surface area contributed by atoms with E-state index in [9.17, 15) is 9.59 Å². The molecular weight excluding hydrogens is 264 g/mol. The summed E-state index contributed by atoms with van der Waals surface area (Å²) in [5.74, 6) is -0.353. The SMILES string of the molecule is Cc1ccc(-n2ccc(=O)c(C(=O)NC(C)(C)C)c2)cc1. The van der Waals surface area contributed by atoms with E-state index in [1.807, 2.05) is 52.0 Å². The second kappa shape index (κ2) is 5.56. The zero-order valence-corrected chi connectivity index (χ0v) is 12.8. The maximum Gasteiger partial charge on any atom is 0.257 e. The molecule has 2 aromatic rings. The molecule has 4 nitrogen and oxygen atoms in total. The van der Waals surface area contributed by atoms with Gasteiger partial charge in [0.1, 0.15) is 5.56 Å². The average Bonchev–Trinajstić information content (AvgIpc) is 2.38. The van der Waals surface area contributed by atoms with E-state index in [1.165, 1.54) is 6.07 Å². The molecule has 0 bridgehead atoms. The van der Waals surface area contributed by atoms with E-state index >= 15 is 0 Å². The average molecular weight is 284 g/mol. The Morgan fingerprint density at radius 1 is 1.10 bits per heavy atom. The van der Waals surface area contributed by atoms with Crippen molar-refractivity contribution in [2.24, 2.45) is 0 Å². The molecule has 1 aromatic heterocycles. The predicted octanol–water partition coefficient (Wildman–Crippen LogP) is 2.67. The van der Waals surface area contributed by atoms with Gasteiger partial charge in [-0.15, -0.1) is 0 Å². The van der Waals surface area contributed by atoms with Crippen LogP contribution < -0.4 is 10.7 Å². The molecule has 1 aromatic carbocycles. The number of aromatic nitrogens is 1. The molecule has 1 amide bonds. The summed E-state index contributed by atoms with van der Waals surface area (Å²) in [6.07, 6.45) is 3.24. The normalized spacial score (nSPS) is 11.2. The van der Waals surface area contributed by atoms with Gasteiger partial charge in [0.2, 0.25) is 0 Å². The fourth-order valence-corrected chi connectivity index (χ4v) is 1.94. The summed E-state index contributed by atoms with van der Waals surface area (Å²) in [7, 11) is 0. The van der Waals surface area contributed by atoms with Crippen molar-refractivity contribution >= 4 is 5.91 Å². The third-order valence-electron chi connectivity index (χ3n) is 2.99. The maximum absolute atomic E-state index is 12.2. The van der Waals surface area contributed by atoms with Gasteiger partial charge in [-0.25, -0.2) is 0 Å². The number of amides is 1. The lowest BCUT2D eigenvalue weighted by atomic mass is 10.1. The van der Waals surface area contributed by atoms with Crippen LogP contribution in [0.2, 0.25) is 0 Å². The van der Waals surface area contributed by atoms with Crippen LogP contribution in [-0.4, -0.2) is 16.0 Å². The molecule has 4 heteroatoms. The first-order valence-corrected chi connectivity index (χ1v) is 6.88. The molecule has 0 aliphatic heterocycles. The first kappa shape index (κ1) is 15.0. The smallest absolute Gasteiger partial charge is 0.257 e. The molecular formula is C17H20N2O2. The van der Waals surface area contributed by atoms with Crippen molar-refractivity contribution in [2.75, 3.05) is 0 Å². The quantitative estimate of drug-likeness (QED) is 0.921. The van der Waals surface area contributed by atoms with Gasteiger partial charge in [-0.2, -0.15) is 0 Å². The standard InChI is InChI=1S/C17H20N2O2/c1-12-5-7-13(8-6-12)19-10-9-15(20)14(11-19)16(21)18-17(2,3)4/h5-11H,1-4H3,(H,18,21). The summed E-state index contributed by atoms with van der Waals surface area (Å²) in [5.41, 5.74) is 1.55. The lowest BCUT2D eigenvalue weighted by Gasteiger charge is -2.20. The summed E-state index contributed by atoms with van der Waals surface area (Å²) < 4.78 is 1.78. The highest BCUT2D eigenvalue weighted by molar-refractivity contribution is 5.94. The van der Waals surface area contributed by atoms with Crippen LogP contribution in [0.25, 0.3) is 5.69 Å². The monoisotopic (exact) mass is 284 g/mol. The summed E-state index contributed by atoms with van der Waals surface area (Å²) in [6, 6.07) is 9.29. The van der Waals surface area contributed by atoms with Crippen molar-refractivity contribution in [2.45, 2.75) is 33.2 Å². The number of carbonyl (C=O) groups is 1. The number of hydrogen-bond acceptors (Lipinski definition) is 2. The van der Waals surface area contributed by atoms with Crippen LogP contribution in [-0.2, 0) is 0 Å². The van der Waals surface area contributed by atoms with Crippen LogP contribution in [0.4, 0.5) is 0 Å². The lowest BCUT2D eigenvalue weighted by Crippen LogP contribution is -2.42. The predicted molar refractivity (Wildman–Crippen MR) is 84.0 cm³/mol. The minimum atomic E-state index is -0.381. The van der Waals surface area contributed by atoms with Crippen LogP contribution in [0.15, 0.2) is 47.5 Å². The first-order chi connectivity index (χ1) is 9.76. The number of carbonyl (C=O) groups excluding carboxylic acids is 1. The number of hydrogen-bond donors (Lipinski definition) is 1. The third kappa shape index (κ3) is 3.81. The van der Waals surface area contributed by atoms with Gasteiger partial charge in [-0.05, 0) is 39.8 Å². The van der Waals surface area contributed by atoms with Crippen molar-refractivity contribution < 1.29 is 4.79 Å². The Morgan fingerprint density at radius 2 is 1.71 bits per heavy atom. The minimum Gasteiger partial charge on any atom is -0.347 e. The molecule has 0 aliphatic carbocycles. The Bertz CT molecular complexity index is 707. The molecule has 21 heavy (non-hydrogen) atoms. The van der Waals surface area contributed by atoms with Crippen LogP contribution in [0, 0.1) is 6.92 Å². The number of rotatable bonds is 2. The molecule has 1 N–H and O–H groups in total. The molecule has 0 radical (unpaired) electrons. The second-order valence-corrected chi connectivity index (χ2v) is 6.17. The zero-order valence-electron chi connectivity index (χ0n) is 12.8. The number of nitrogens with one attached hydrogen (secondary N) is 1. The summed E-state index contributed by atoms with van der Waals surface area (Å²) in [6.45, 7) is 7.66. The van der Waals surface area contributed by atoms with Crippen molar-refractivity contribution in [1.29, 1.82) is 0 Å². The van der Waals surface area contributed by atoms with Crippen molar-refractivity contribution in [1.82, 2.24) is 9.88 Å². The fourth-order valence-electron chi connectivity index (χ4n) is 1.94. The summed E-state index contributed by atoms with van der Waals surface area (Å²) in [5, 5.41) is 2.81. The molecule has 0 saturated carbocycles. The van der Waals surface area contributed by atoms with Gasteiger partial charge < -0.3 is 9.88 Å². The molecule has 0 atom stereocenters. The van der Waals surface area contributed by atoms with E-state index in [4.69, 9.17) is 0 Å². The fraction of sp³-hybridized carbons (Fsp3) is 0.294. The number of nitrogens with zero attached hydrogens (tertiary/aromatic N) is 1. The Balaban J connectivity index is 2.40. The van der Waals surface area contributed by atoms with Crippen molar-refractivity contribution in [3.8, 4) is 5.69 Å². The minimum absolute atomic E-state index is 0.146. The highest BCUT2D eigenvalue weighted by Crippen LogP contribution is 2.10. The van der Waals surface area contributed by atoms with Crippen LogP contribution in [0.3, 0.4) is 0 Å². The Hall–Kier alpha value is -2.36. The van der Waals surface area contributed by atoms with Gasteiger partial charge in [0.25, 0.3) is 5.91 Å². The molecule has 0 unspecified atom stereocenters. The Labute approximate surface area is 124 Å². The van der Waals surface area contributed by atoms with Crippen LogP contribution in [0.5, 0.6) is 0 Å². The van der Waals surface area contributed by atoms with Gasteiger partial charge in [-0.1, -0.05) is 17.7 Å². The molecule has 110 valence electrons. The zero-order chi connectivity index (χ0) is 15.6. The number of aryl methyl sites for hydroxylation is 1. The van der Waals surface area contributed by atoms with Gasteiger partial charge in [-0.3, -0.25) is 9.59 Å². The van der Waals surface area contributed by atoms with Gasteiger partial charge in [0, 0.05) is 29.7 Å². The highest BCUT2D eigenvalue weighted by Gasteiger charge is 2.17. The van der Waals surface area contributed by atoms with Crippen molar-refractivity contribution in [3.05, 3.63) is 64.1 Å². The summed E-state index contributed by atoms with van der Waals surface area (Å²) >= 11 is 0. The molecule has 0 aliphatic rings. The van der Waals surface area contributed by atoms with Gasteiger partial charge >= 0.3 is 0 Å². The molecule has 0 fully saturated rings. The van der Waals surface area contributed by atoms with Gasteiger partial charge in [0.05, 0.1) is 0 Å². The van der Waals surface area contributed by atoms with E-state index in [1.54, 1.807) is 17.0 Å². The third-order valence-corrected chi connectivity index (χ3v) is 2.99. The topological polar surface area (TPSA) is 51.1 Å². The van der Waals surface area contributed by atoms with E-state index in [0.717, 1.165) is 11.3 Å². The number of pyridine rings is 1. The molecule has 1 heterocycles. The highest BCUT2D eigenvalue weighted by atomic mass is 16.2. The van der Waals surface area contributed by atoms with Gasteiger partial charge in [0.15, 0.2) is 5.43 Å². The van der Waals surface area contributed by atoms with E-state index in [-0.39, 0.29) is 22.4 Å². The first-order valence-electron chi connectivity index (χ1n) is 6.88. The number of benzene rings is 1. The van der Waals surface area contributed by atoms with Crippen LogP contribution >= 0.6 is 0 Å². The summed E-state index contributed by atoms with van der Waals surface area (Å²) in [4.78, 5) is 24.1. The van der Waals surface area contributed by atoms with E-state index in [0.29, 0.717) is 0 Å². The largest absolute Gasteiger partial charge is 0.347 e. The molecule has 0 spiro atoms.